The molecule has 2 aromatic rings. The van der Waals surface area contributed by atoms with Gasteiger partial charge in [0, 0.05) is 23.2 Å². The maximum atomic E-state index is 9.40. The van der Waals surface area contributed by atoms with Crippen LogP contribution in [0.1, 0.15) is 20.3 Å². The van der Waals surface area contributed by atoms with Gasteiger partial charge in [0.05, 0.1) is 12.8 Å². The third-order valence-corrected chi connectivity index (χ3v) is 3.53. The number of hydrogen-bond acceptors (Lipinski definition) is 4. The minimum atomic E-state index is -0.0950. The SMILES string of the molecule is CCC(C)(CO)CNc1cccc(-c2cnco2)c1. The van der Waals surface area contributed by atoms with Gasteiger partial charge in [-0.25, -0.2) is 4.98 Å². The molecule has 0 amide bonds. The fourth-order valence-corrected chi connectivity index (χ4v) is 1.75. The molecule has 4 heteroatoms. The first-order valence-corrected chi connectivity index (χ1v) is 6.50. The molecule has 102 valence electrons. The Morgan fingerprint density at radius 2 is 2.26 bits per heavy atom. The highest BCUT2D eigenvalue weighted by Gasteiger charge is 2.20. The first-order valence-electron chi connectivity index (χ1n) is 6.50. The second-order valence-corrected chi connectivity index (χ2v) is 5.12. The van der Waals surface area contributed by atoms with Gasteiger partial charge < -0.3 is 14.8 Å². The van der Waals surface area contributed by atoms with Crippen molar-refractivity contribution in [2.45, 2.75) is 20.3 Å². The van der Waals surface area contributed by atoms with Crippen molar-refractivity contribution in [2.75, 3.05) is 18.5 Å². The van der Waals surface area contributed by atoms with E-state index in [2.05, 4.69) is 24.1 Å². The van der Waals surface area contributed by atoms with Gasteiger partial charge >= 0.3 is 0 Å². The van der Waals surface area contributed by atoms with Gasteiger partial charge in [-0.1, -0.05) is 26.0 Å². The Labute approximate surface area is 113 Å². The molecule has 1 unspecified atom stereocenters. The van der Waals surface area contributed by atoms with Crippen molar-refractivity contribution in [3.63, 3.8) is 0 Å². The molecule has 0 radical (unpaired) electrons. The summed E-state index contributed by atoms with van der Waals surface area (Å²) in [5.41, 5.74) is 1.91. The van der Waals surface area contributed by atoms with Crippen LogP contribution in [0.2, 0.25) is 0 Å². The van der Waals surface area contributed by atoms with E-state index in [1.807, 2.05) is 24.3 Å². The van der Waals surface area contributed by atoms with Crippen molar-refractivity contribution < 1.29 is 9.52 Å². The highest BCUT2D eigenvalue weighted by atomic mass is 16.3. The highest BCUT2D eigenvalue weighted by molar-refractivity contribution is 5.63. The van der Waals surface area contributed by atoms with Crippen molar-refractivity contribution in [1.29, 1.82) is 0 Å². The summed E-state index contributed by atoms with van der Waals surface area (Å²) in [6.45, 7) is 5.07. The number of benzene rings is 1. The van der Waals surface area contributed by atoms with E-state index in [9.17, 15) is 5.11 Å². The fourth-order valence-electron chi connectivity index (χ4n) is 1.75. The molecule has 0 aliphatic carbocycles. The first kappa shape index (κ1) is 13.6. The third-order valence-electron chi connectivity index (χ3n) is 3.53. The van der Waals surface area contributed by atoms with E-state index >= 15 is 0 Å². The predicted octanol–water partition coefficient (Wildman–Crippen LogP) is 3.16. The smallest absolute Gasteiger partial charge is 0.181 e. The standard InChI is InChI=1S/C15H20N2O2/c1-3-15(2,10-18)9-17-13-6-4-5-12(7-13)14-8-16-11-19-14/h4-8,11,17-18H,3,9-10H2,1-2H3. The van der Waals surface area contributed by atoms with Crippen LogP contribution in [-0.4, -0.2) is 23.2 Å². The quantitative estimate of drug-likeness (QED) is 0.837. The van der Waals surface area contributed by atoms with Crippen LogP contribution in [0, 0.1) is 5.41 Å². The summed E-state index contributed by atoms with van der Waals surface area (Å²) in [5.74, 6) is 0.754. The lowest BCUT2D eigenvalue weighted by Crippen LogP contribution is -2.29. The van der Waals surface area contributed by atoms with E-state index in [1.165, 1.54) is 6.39 Å². The number of oxazole rings is 1. The molecule has 0 bridgehead atoms. The zero-order valence-electron chi connectivity index (χ0n) is 11.4. The monoisotopic (exact) mass is 260 g/mol. The normalized spacial score (nSPS) is 14.1. The lowest BCUT2D eigenvalue weighted by molar-refractivity contribution is 0.149. The predicted molar refractivity (Wildman–Crippen MR) is 75.9 cm³/mol. The molecule has 1 heterocycles. The lowest BCUT2D eigenvalue weighted by Gasteiger charge is -2.26. The fraction of sp³-hybridized carbons (Fsp3) is 0.400. The van der Waals surface area contributed by atoms with Crippen LogP contribution >= 0.6 is 0 Å². The minimum Gasteiger partial charge on any atom is -0.444 e. The van der Waals surface area contributed by atoms with E-state index in [1.54, 1.807) is 6.20 Å². The highest BCUT2D eigenvalue weighted by Crippen LogP contribution is 2.24. The molecule has 0 saturated heterocycles. The Balaban J connectivity index is 2.08. The molecule has 1 aromatic carbocycles. The van der Waals surface area contributed by atoms with E-state index in [0.29, 0.717) is 0 Å². The summed E-state index contributed by atoms with van der Waals surface area (Å²) < 4.78 is 5.28. The van der Waals surface area contributed by atoms with Gasteiger partial charge in [0.25, 0.3) is 0 Å². The Kier molecular flexibility index (Phi) is 4.22. The zero-order chi connectivity index (χ0) is 13.7. The largest absolute Gasteiger partial charge is 0.444 e. The van der Waals surface area contributed by atoms with Gasteiger partial charge in [-0.3, -0.25) is 0 Å². The number of aromatic nitrogens is 1. The molecular formula is C15H20N2O2. The molecule has 0 fully saturated rings. The van der Waals surface area contributed by atoms with Gasteiger partial charge in [-0.05, 0) is 18.6 Å². The second-order valence-electron chi connectivity index (χ2n) is 5.12. The van der Waals surface area contributed by atoms with Crippen LogP contribution in [0.3, 0.4) is 0 Å². The average molecular weight is 260 g/mol. The van der Waals surface area contributed by atoms with Crippen molar-refractivity contribution in [3.05, 3.63) is 36.9 Å². The van der Waals surface area contributed by atoms with Gasteiger partial charge in [0.15, 0.2) is 12.2 Å². The van der Waals surface area contributed by atoms with Gasteiger partial charge in [0.2, 0.25) is 0 Å². The molecule has 1 aromatic heterocycles. The summed E-state index contributed by atoms with van der Waals surface area (Å²) in [7, 11) is 0. The molecule has 4 nitrogen and oxygen atoms in total. The van der Waals surface area contributed by atoms with Crippen LogP contribution in [0.5, 0.6) is 0 Å². The minimum absolute atomic E-state index is 0.0950. The number of nitrogens with zero attached hydrogens (tertiary/aromatic N) is 1. The third kappa shape index (κ3) is 3.35. The number of rotatable bonds is 6. The Morgan fingerprint density at radius 3 is 2.89 bits per heavy atom. The second kappa shape index (κ2) is 5.89. The van der Waals surface area contributed by atoms with Crippen molar-refractivity contribution in [2.24, 2.45) is 5.41 Å². The molecule has 2 N–H and O–H groups in total. The van der Waals surface area contributed by atoms with Crippen LogP contribution in [0.25, 0.3) is 11.3 Å². The van der Waals surface area contributed by atoms with Crippen LogP contribution in [-0.2, 0) is 0 Å². The van der Waals surface area contributed by atoms with Crippen LogP contribution in [0.15, 0.2) is 41.3 Å². The number of aliphatic hydroxyl groups is 1. The molecule has 19 heavy (non-hydrogen) atoms. The molecule has 0 aliphatic rings. The first-order chi connectivity index (χ1) is 9.17. The zero-order valence-corrected chi connectivity index (χ0v) is 11.4. The van der Waals surface area contributed by atoms with Crippen molar-refractivity contribution in [1.82, 2.24) is 4.98 Å². The Hall–Kier alpha value is -1.81. The number of nitrogens with one attached hydrogen (secondary N) is 1. The molecule has 1 atom stereocenters. The number of hydrogen-bond donors (Lipinski definition) is 2. The molecular weight excluding hydrogens is 240 g/mol. The van der Waals surface area contributed by atoms with E-state index in [-0.39, 0.29) is 12.0 Å². The Morgan fingerprint density at radius 1 is 1.42 bits per heavy atom. The van der Waals surface area contributed by atoms with E-state index < -0.39 is 0 Å². The van der Waals surface area contributed by atoms with Crippen LogP contribution < -0.4 is 5.32 Å². The van der Waals surface area contributed by atoms with Gasteiger partial charge in [-0.2, -0.15) is 0 Å². The molecule has 2 rings (SSSR count). The molecule has 0 aliphatic heterocycles. The average Bonchev–Trinajstić information content (AvgIpc) is 2.99. The topological polar surface area (TPSA) is 58.3 Å². The van der Waals surface area contributed by atoms with Crippen molar-refractivity contribution >= 4 is 5.69 Å². The summed E-state index contributed by atoms with van der Waals surface area (Å²) in [4.78, 5) is 3.92. The van der Waals surface area contributed by atoms with Crippen molar-refractivity contribution in [3.8, 4) is 11.3 Å². The molecule has 0 saturated carbocycles. The maximum absolute atomic E-state index is 9.40. The van der Waals surface area contributed by atoms with Gasteiger partial charge in [0.1, 0.15) is 0 Å². The summed E-state index contributed by atoms with van der Waals surface area (Å²) >= 11 is 0. The van der Waals surface area contributed by atoms with Gasteiger partial charge in [-0.15, -0.1) is 0 Å². The maximum Gasteiger partial charge on any atom is 0.181 e. The summed E-state index contributed by atoms with van der Waals surface area (Å²) in [5, 5.41) is 12.8. The van der Waals surface area contributed by atoms with E-state index in [4.69, 9.17) is 4.42 Å². The lowest BCUT2D eigenvalue weighted by atomic mass is 9.88. The number of anilines is 1. The Bertz CT molecular complexity index is 505. The molecule has 0 spiro atoms. The van der Waals surface area contributed by atoms with Crippen LogP contribution in [0.4, 0.5) is 5.69 Å². The van der Waals surface area contributed by atoms with E-state index in [0.717, 1.165) is 30.0 Å². The summed E-state index contributed by atoms with van der Waals surface area (Å²) in [6.07, 6.45) is 4.05. The summed E-state index contributed by atoms with van der Waals surface area (Å²) in [6, 6.07) is 7.99. The number of aliphatic hydroxyl groups excluding tert-OH is 1.